The van der Waals surface area contributed by atoms with Crippen molar-refractivity contribution in [3.05, 3.63) is 41.1 Å². The molecule has 0 spiro atoms. The molecule has 2 N–H and O–H groups in total. The summed E-state index contributed by atoms with van der Waals surface area (Å²) in [6.45, 7) is 7.87. The minimum Gasteiger partial charge on any atom is -0.364 e. The van der Waals surface area contributed by atoms with E-state index in [0.29, 0.717) is 29.5 Å². The Balaban J connectivity index is 0.000000254. The summed E-state index contributed by atoms with van der Waals surface area (Å²) in [4.78, 5) is 24.8. The molecule has 164 valence electrons. The zero-order chi connectivity index (χ0) is 22.5. The molecule has 1 aromatic heterocycles. The van der Waals surface area contributed by atoms with Crippen molar-refractivity contribution >= 4 is 11.8 Å². The van der Waals surface area contributed by atoms with Gasteiger partial charge < -0.3 is 10.6 Å². The zero-order valence-corrected chi connectivity index (χ0v) is 18.6. The highest BCUT2D eigenvalue weighted by molar-refractivity contribution is 5.95. The van der Waals surface area contributed by atoms with Crippen molar-refractivity contribution in [3.8, 4) is 17.3 Å². The molecule has 4 rings (SSSR count). The number of carbonyl (C=O) groups is 2. The van der Waals surface area contributed by atoms with E-state index in [-0.39, 0.29) is 6.04 Å². The third-order valence-corrected chi connectivity index (χ3v) is 5.70. The maximum Gasteiger partial charge on any atom is 0.267 e. The highest BCUT2D eigenvalue weighted by Gasteiger charge is 2.35. The first kappa shape index (κ1) is 22.5. The Morgan fingerprint density at radius 1 is 1.19 bits per heavy atom. The summed E-state index contributed by atoms with van der Waals surface area (Å²) in [5, 5.41) is 13.6. The Bertz CT molecular complexity index is 975. The lowest BCUT2D eigenvalue weighted by molar-refractivity contribution is -0.129. The lowest BCUT2D eigenvalue weighted by atomic mass is 10.0. The van der Waals surface area contributed by atoms with E-state index in [1.54, 1.807) is 16.8 Å². The van der Waals surface area contributed by atoms with Crippen LogP contribution in [-0.4, -0.2) is 39.6 Å². The second kappa shape index (κ2) is 9.78. The van der Waals surface area contributed by atoms with Crippen molar-refractivity contribution < 1.29 is 9.59 Å². The molecule has 2 heterocycles. The quantitative estimate of drug-likeness (QED) is 0.788. The van der Waals surface area contributed by atoms with Gasteiger partial charge in [-0.3, -0.25) is 14.3 Å². The molecular formula is C24H31N5O2. The van der Waals surface area contributed by atoms with Gasteiger partial charge in [-0.2, -0.15) is 10.4 Å². The fourth-order valence-corrected chi connectivity index (χ4v) is 3.93. The van der Waals surface area contributed by atoms with Crippen LogP contribution in [0.3, 0.4) is 0 Å². The van der Waals surface area contributed by atoms with E-state index in [1.807, 2.05) is 37.8 Å². The van der Waals surface area contributed by atoms with Crippen LogP contribution >= 0.6 is 0 Å². The molecule has 1 saturated heterocycles. The lowest BCUT2D eigenvalue weighted by Crippen LogP contribution is -2.26. The lowest BCUT2D eigenvalue weighted by Gasteiger charge is -2.12. The summed E-state index contributed by atoms with van der Waals surface area (Å²) in [5.41, 5.74) is 9.44. The van der Waals surface area contributed by atoms with Gasteiger partial charge >= 0.3 is 0 Å². The zero-order valence-electron chi connectivity index (χ0n) is 18.6. The van der Waals surface area contributed by atoms with E-state index in [0.717, 1.165) is 42.8 Å². The summed E-state index contributed by atoms with van der Waals surface area (Å²) in [5.74, 6) is 0.246. The molecule has 1 aromatic carbocycles. The van der Waals surface area contributed by atoms with E-state index in [4.69, 9.17) is 11.0 Å². The second-order valence-corrected chi connectivity index (χ2v) is 8.42. The summed E-state index contributed by atoms with van der Waals surface area (Å²) in [7, 11) is 0. The van der Waals surface area contributed by atoms with Gasteiger partial charge in [-0.25, -0.2) is 0 Å². The number of hydrogen-bond donors (Lipinski definition) is 1. The first-order valence-corrected chi connectivity index (χ1v) is 11.1. The second-order valence-electron chi connectivity index (χ2n) is 8.42. The number of hydrogen-bond acceptors (Lipinski definition) is 4. The van der Waals surface area contributed by atoms with Gasteiger partial charge in [0.25, 0.3) is 5.91 Å². The number of nitrogens with two attached hydrogens (primary N) is 1. The summed E-state index contributed by atoms with van der Waals surface area (Å²) >= 11 is 0. The molecule has 1 aliphatic carbocycles. The SMILES string of the molecule is CC(C)n1nc(-c2ccc(C#N)cc2)c(C2CC2)c1C(N)=O.CCC(=O)N1CCCC1. The van der Waals surface area contributed by atoms with E-state index in [1.165, 1.54) is 12.8 Å². The molecule has 1 aliphatic heterocycles. The molecule has 0 unspecified atom stereocenters. The van der Waals surface area contributed by atoms with Gasteiger partial charge in [0.2, 0.25) is 5.91 Å². The van der Waals surface area contributed by atoms with Crippen LogP contribution in [0.1, 0.15) is 86.5 Å². The Labute approximate surface area is 183 Å². The summed E-state index contributed by atoms with van der Waals surface area (Å²) < 4.78 is 1.73. The van der Waals surface area contributed by atoms with E-state index < -0.39 is 5.91 Å². The van der Waals surface area contributed by atoms with Gasteiger partial charge in [0, 0.05) is 36.7 Å². The number of rotatable bonds is 5. The van der Waals surface area contributed by atoms with Gasteiger partial charge in [-0.15, -0.1) is 0 Å². The maximum atomic E-state index is 11.9. The molecule has 7 heteroatoms. The Morgan fingerprint density at radius 3 is 2.26 bits per heavy atom. The van der Waals surface area contributed by atoms with Gasteiger partial charge in [0.15, 0.2) is 0 Å². The van der Waals surface area contributed by atoms with Crippen LogP contribution in [0.15, 0.2) is 24.3 Å². The van der Waals surface area contributed by atoms with Crippen LogP contribution in [0, 0.1) is 11.3 Å². The molecule has 7 nitrogen and oxygen atoms in total. The first-order chi connectivity index (χ1) is 14.9. The first-order valence-electron chi connectivity index (χ1n) is 11.1. The highest BCUT2D eigenvalue weighted by atomic mass is 16.2. The summed E-state index contributed by atoms with van der Waals surface area (Å²) in [6, 6.07) is 9.46. The van der Waals surface area contributed by atoms with E-state index in [9.17, 15) is 9.59 Å². The molecule has 2 aliphatic rings. The van der Waals surface area contributed by atoms with Crippen LogP contribution in [0.2, 0.25) is 0 Å². The third-order valence-electron chi connectivity index (χ3n) is 5.70. The minimum atomic E-state index is -0.428. The van der Waals surface area contributed by atoms with Gasteiger partial charge in [0.05, 0.1) is 17.3 Å². The predicted octanol–water partition coefficient (Wildman–Crippen LogP) is 4.00. The van der Waals surface area contributed by atoms with Gasteiger partial charge in [-0.05, 0) is 57.6 Å². The van der Waals surface area contributed by atoms with Gasteiger partial charge in [0.1, 0.15) is 5.69 Å². The number of primary amides is 1. The smallest absolute Gasteiger partial charge is 0.267 e. The molecule has 2 aromatic rings. The number of benzene rings is 1. The largest absolute Gasteiger partial charge is 0.364 e. The van der Waals surface area contributed by atoms with Crippen molar-refractivity contribution in [2.24, 2.45) is 5.73 Å². The minimum absolute atomic E-state index is 0.0622. The molecule has 0 atom stereocenters. The van der Waals surface area contributed by atoms with Gasteiger partial charge in [-0.1, -0.05) is 19.1 Å². The number of nitrogens with zero attached hydrogens (tertiary/aromatic N) is 4. The summed E-state index contributed by atoms with van der Waals surface area (Å²) in [6.07, 6.45) is 5.19. The molecule has 0 bridgehead atoms. The molecule has 2 fully saturated rings. The maximum absolute atomic E-state index is 11.9. The molecule has 0 radical (unpaired) electrons. The standard InChI is InChI=1S/C17H18N4O.C7H13NO/c1-10(2)21-16(17(19)22)14(12-7-8-12)15(20-21)13-5-3-11(9-18)4-6-13;1-2-7(9)8-5-3-4-6-8/h3-6,10,12H,7-8H2,1-2H3,(H2,19,22);2-6H2,1H3. The third kappa shape index (κ3) is 5.13. The van der Waals surface area contributed by atoms with Crippen molar-refractivity contribution in [2.45, 2.75) is 64.8 Å². The van der Waals surface area contributed by atoms with E-state index >= 15 is 0 Å². The van der Waals surface area contributed by atoms with Crippen LogP contribution in [0.4, 0.5) is 0 Å². The monoisotopic (exact) mass is 421 g/mol. The van der Waals surface area contributed by atoms with Crippen LogP contribution in [0.5, 0.6) is 0 Å². The van der Waals surface area contributed by atoms with Crippen molar-refractivity contribution in [3.63, 3.8) is 0 Å². The number of likely N-dealkylation sites (tertiary alicyclic amines) is 1. The fraction of sp³-hybridized carbons (Fsp3) is 0.500. The van der Waals surface area contributed by atoms with E-state index in [2.05, 4.69) is 11.2 Å². The van der Waals surface area contributed by atoms with Crippen molar-refractivity contribution in [1.82, 2.24) is 14.7 Å². The number of amides is 2. The molecule has 1 saturated carbocycles. The van der Waals surface area contributed by atoms with Crippen molar-refractivity contribution in [2.75, 3.05) is 13.1 Å². The average Bonchev–Trinajstić information content (AvgIpc) is 3.29. The molecule has 2 amide bonds. The average molecular weight is 422 g/mol. The number of carbonyl (C=O) groups excluding carboxylic acids is 2. The van der Waals surface area contributed by atoms with Crippen molar-refractivity contribution in [1.29, 1.82) is 5.26 Å². The normalized spacial score (nSPS) is 15.4. The fourth-order valence-electron chi connectivity index (χ4n) is 3.93. The Kier molecular flexibility index (Phi) is 7.11. The predicted molar refractivity (Wildman–Crippen MR) is 119 cm³/mol. The molecular weight excluding hydrogens is 390 g/mol. The topological polar surface area (TPSA) is 105 Å². The van der Waals surface area contributed by atoms with Crippen LogP contribution < -0.4 is 5.73 Å². The van der Waals surface area contributed by atoms with Crippen LogP contribution in [-0.2, 0) is 4.79 Å². The Hall–Kier alpha value is -3.14. The van der Waals surface area contributed by atoms with Crippen LogP contribution in [0.25, 0.3) is 11.3 Å². The molecule has 31 heavy (non-hydrogen) atoms. The Morgan fingerprint density at radius 2 is 1.81 bits per heavy atom. The number of aromatic nitrogens is 2. The number of nitriles is 1. The highest BCUT2D eigenvalue weighted by Crippen LogP contribution is 2.46.